The lowest BCUT2D eigenvalue weighted by Gasteiger charge is -2.12. The van der Waals surface area contributed by atoms with E-state index in [0.717, 1.165) is 6.42 Å². The summed E-state index contributed by atoms with van der Waals surface area (Å²) >= 11 is 0. The molecule has 0 amide bonds. The van der Waals surface area contributed by atoms with E-state index in [-0.39, 0.29) is 12.2 Å². The van der Waals surface area contributed by atoms with E-state index in [1.807, 2.05) is 0 Å². The van der Waals surface area contributed by atoms with Crippen LogP contribution in [0.5, 0.6) is 0 Å². The third-order valence-electron chi connectivity index (χ3n) is 2.31. The predicted molar refractivity (Wildman–Crippen MR) is 62.9 cm³/mol. The van der Waals surface area contributed by atoms with Crippen LogP contribution in [0.15, 0.2) is 12.2 Å². The van der Waals surface area contributed by atoms with Gasteiger partial charge in [-0.3, -0.25) is 9.36 Å². The zero-order valence-electron chi connectivity index (χ0n) is 9.56. The molecule has 94 valence electrons. The second-order valence-corrected chi connectivity index (χ2v) is 5.80. The molecule has 0 aliphatic rings. The Balaban J connectivity index is 3.59. The largest absolute Gasteiger partial charge is 0.342 e. The Kier molecular flexibility index (Phi) is 6.76. The number of carbonyl (C=O) groups excluding carboxylic acids is 1. The molecular weight excluding hydrogens is 229 g/mol. The van der Waals surface area contributed by atoms with Crippen molar-refractivity contribution in [3.05, 3.63) is 12.2 Å². The van der Waals surface area contributed by atoms with Gasteiger partial charge in [-0.15, -0.1) is 0 Å². The van der Waals surface area contributed by atoms with Crippen molar-refractivity contribution in [1.29, 1.82) is 0 Å². The van der Waals surface area contributed by atoms with E-state index in [1.54, 1.807) is 6.92 Å². The number of allylic oxidation sites excluding steroid dienone is 1. The average molecular weight is 249 g/mol. The summed E-state index contributed by atoms with van der Waals surface area (Å²) in [6, 6.07) is 0. The van der Waals surface area contributed by atoms with Gasteiger partial charge < -0.3 is 15.5 Å². The first-order chi connectivity index (χ1) is 7.25. The van der Waals surface area contributed by atoms with Crippen molar-refractivity contribution >= 4 is 13.4 Å². The Morgan fingerprint density at radius 2 is 1.94 bits per heavy atom. The zero-order valence-corrected chi connectivity index (χ0v) is 10.4. The van der Waals surface area contributed by atoms with Gasteiger partial charge in [-0.2, -0.15) is 0 Å². The second-order valence-electron chi connectivity index (χ2n) is 3.96. The first-order valence-electron chi connectivity index (χ1n) is 5.24. The molecule has 4 N–H and O–H groups in total. The molecule has 0 saturated heterocycles. The van der Waals surface area contributed by atoms with Crippen LogP contribution in [0.1, 0.15) is 39.0 Å². The van der Waals surface area contributed by atoms with Gasteiger partial charge in [0, 0.05) is 6.42 Å². The highest BCUT2D eigenvalue weighted by atomic mass is 31.2. The highest BCUT2D eigenvalue weighted by Gasteiger charge is 2.23. The third kappa shape index (κ3) is 6.90. The minimum Gasteiger partial charge on any atom is -0.323 e. The Morgan fingerprint density at radius 1 is 1.38 bits per heavy atom. The molecule has 5 nitrogen and oxygen atoms in total. The monoisotopic (exact) mass is 249 g/mol. The summed E-state index contributed by atoms with van der Waals surface area (Å²) in [5, 5.41) is 0. The SMILES string of the molecule is C=C(C)C(=O)CCCCCC(N)P(=O)(O)O. The topological polar surface area (TPSA) is 101 Å². The highest BCUT2D eigenvalue weighted by molar-refractivity contribution is 7.52. The maximum absolute atomic E-state index is 11.2. The molecule has 0 spiro atoms. The van der Waals surface area contributed by atoms with Crippen LogP contribution in [0.2, 0.25) is 0 Å². The van der Waals surface area contributed by atoms with Crippen molar-refractivity contribution in [2.75, 3.05) is 0 Å². The van der Waals surface area contributed by atoms with E-state index in [9.17, 15) is 9.36 Å². The van der Waals surface area contributed by atoms with E-state index in [0.29, 0.717) is 24.8 Å². The maximum atomic E-state index is 11.2. The van der Waals surface area contributed by atoms with E-state index in [2.05, 4.69) is 6.58 Å². The van der Waals surface area contributed by atoms with Crippen LogP contribution in [0.25, 0.3) is 0 Å². The molecule has 0 radical (unpaired) electrons. The number of rotatable bonds is 8. The molecule has 16 heavy (non-hydrogen) atoms. The van der Waals surface area contributed by atoms with Crippen molar-refractivity contribution in [1.82, 2.24) is 0 Å². The normalized spacial score (nSPS) is 13.5. The Labute approximate surface area is 95.9 Å². The molecule has 0 aliphatic heterocycles. The molecule has 0 heterocycles. The van der Waals surface area contributed by atoms with E-state index < -0.39 is 13.4 Å². The number of unbranched alkanes of at least 4 members (excludes halogenated alkanes) is 2. The standard InChI is InChI=1S/C10H20NO4P/c1-8(2)9(12)6-4-3-5-7-10(11)16(13,14)15/h10H,1,3-7,11H2,2H3,(H2,13,14,15). The number of hydrogen-bond donors (Lipinski definition) is 3. The lowest BCUT2D eigenvalue weighted by atomic mass is 10.1. The fourth-order valence-electron chi connectivity index (χ4n) is 1.20. The summed E-state index contributed by atoms with van der Waals surface area (Å²) in [5.41, 5.74) is 5.84. The lowest BCUT2D eigenvalue weighted by Crippen LogP contribution is -2.19. The van der Waals surface area contributed by atoms with Gasteiger partial charge in [-0.05, 0) is 25.3 Å². The number of Topliss-reactive ketones (excluding diaryl/α,β-unsaturated/α-hetero) is 1. The third-order valence-corrected chi connectivity index (χ3v) is 3.43. The quantitative estimate of drug-likeness (QED) is 0.344. The molecule has 0 aromatic carbocycles. The predicted octanol–water partition coefficient (Wildman–Crippen LogP) is 1.54. The van der Waals surface area contributed by atoms with Crippen molar-refractivity contribution < 1.29 is 19.1 Å². The highest BCUT2D eigenvalue weighted by Crippen LogP contribution is 2.40. The molecule has 0 fully saturated rings. The number of carbonyl (C=O) groups is 1. The van der Waals surface area contributed by atoms with Crippen LogP contribution in [0, 0.1) is 0 Å². The summed E-state index contributed by atoms with van der Waals surface area (Å²) in [6.07, 6.45) is 2.80. The second kappa shape index (κ2) is 6.97. The van der Waals surface area contributed by atoms with Crippen LogP contribution >= 0.6 is 7.60 Å². The van der Waals surface area contributed by atoms with Gasteiger partial charge in [0.2, 0.25) is 0 Å². The van der Waals surface area contributed by atoms with Crippen molar-refractivity contribution in [3.8, 4) is 0 Å². The fraction of sp³-hybridized carbons (Fsp3) is 0.700. The molecule has 0 bridgehead atoms. The summed E-state index contributed by atoms with van der Waals surface area (Å²) in [4.78, 5) is 28.6. The molecule has 0 rings (SSSR count). The van der Waals surface area contributed by atoms with Crippen LogP contribution in [0.4, 0.5) is 0 Å². The molecule has 6 heteroatoms. The maximum Gasteiger partial charge on any atom is 0.342 e. The fourth-order valence-corrected chi connectivity index (χ4v) is 1.72. The summed E-state index contributed by atoms with van der Waals surface area (Å²) in [6.45, 7) is 5.21. The minimum atomic E-state index is -4.14. The van der Waals surface area contributed by atoms with Gasteiger partial charge in [0.1, 0.15) is 5.78 Å². The van der Waals surface area contributed by atoms with Crippen molar-refractivity contribution in [2.24, 2.45) is 5.73 Å². The van der Waals surface area contributed by atoms with Crippen LogP contribution < -0.4 is 5.73 Å². The number of ketones is 1. The van der Waals surface area contributed by atoms with Crippen molar-refractivity contribution in [3.63, 3.8) is 0 Å². The number of hydrogen-bond acceptors (Lipinski definition) is 3. The molecule has 0 saturated carbocycles. The van der Waals surface area contributed by atoms with Crippen LogP contribution in [-0.4, -0.2) is 21.4 Å². The molecule has 0 aromatic heterocycles. The summed E-state index contributed by atoms with van der Waals surface area (Å²) in [5.74, 6) is -1.04. The van der Waals surface area contributed by atoms with Crippen molar-refractivity contribution in [2.45, 2.75) is 44.8 Å². The Bertz CT molecular complexity index is 297. The summed E-state index contributed by atoms with van der Waals surface area (Å²) in [7, 11) is -4.14. The van der Waals surface area contributed by atoms with E-state index in [4.69, 9.17) is 15.5 Å². The van der Waals surface area contributed by atoms with Gasteiger partial charge in [0.25, 0.3) is 0 Å². The van der Waals surface area contributed by atoms with E-state index >= 15 is 0 Å². The molecule has 1 unspecified atom stereocenters. The summed E-state index contributed by atoms with van der Waals surface area (Å²) < 4.78 is 10.7. The Hall–Kier alpha value is -0.480. The average Bonchev–Trinajstić information content (AvgIpc) is 2.14. The number of nitrogens with two attached hydrogens (primary N) is 1. The van der Waals surface area contributed by atoms with Crippen LogP contribution in [-0.2, 0) is 9.36 Å². The Morgan fingerprint density at radius 3 is 2.38 bits per heavy atom. The molecule has 1 atom stereocenters. The molecule has 0 aliphatic carbocycles. The van der Waals surface area contributed by atoms with Crippen LogP contribution in [0.3, 0.4) is 0 Å². The van der Waals surface area contributed by atoms with E-state index in [1.165, 1.54) is 0 Å². The van der Waals surface area contributed by atoms with Gasteiger partial charge in [-0.1, -0.05) is 19.4 Å². The van der Waals surface area contributed by atoms with Gasteiger partial charge in [0.05, 0.1) is 0 Å². The van der Waals surface area contributed by atoms with Gasteiger partial charge in [-0.25, -0.2) is 0 Å². The first-order valence-corrected chi connectivity index (χ1v) is 6.93. The molecular formula is C10H20NO4P. The zero-order chi connectivity index (χ0) is 12.8. The van der Waals surface area contributed by atoms with Gasteiger partial charge in [0.15, 0.2) is 5.78 Å². The lowest BCUT2D eigenvalue weighted by molar-refractivity contribution is -0.115. The van der Waals surface area contributed by atoms with Gasteiger partial charge >= 0.3 is 7.60 Å². The minimum absolute atomic E-state index is 0.0410. The first kappa shape index (κ1) is 15.5. The smallest absolute Gasteiger partial charge is 0.323 e. The molecule has 0 aromatic rings.